The smallest absolute Gasteiger partial charge is 0.238 e. The molecule has 0 radical (unpaired) electrons. The molecule has 0 spiro atoms. The van der Waals surface area contributed by atoms with Crippen molar-refractivity contribution in [3.8, 4) is 0 Å². The lowest BCUT2D eigenvalue weighted by atomic mass is 10.1. The minimum absolute atomic E-state index is 0.108. The van der Waals surface area contributed by atoms with Crippen molar-refractivity contribution < 1.29 is 13.2 Å². The number of ether oxygens (including phenoxy) is 1. The normalized spacial score (nSPS) is 18.6. The number of nitrogens with one attached hydrogen (secondary N) is 1. The Morgan fingerprint density at radius 1 is 1.50 bits per heavy atom. The summed E-state index contributed by atoms with van der Waals surface area (Å²) in [5.41, 5.74) is 0.800. The second-order valence-corrected chi connectivity index (χ2v) is 7.53. The van der Waals surface area contributed by atoms with E-state index in [-0.39, 0.29) is 4.90 Å². The van der Waals surface area contributed by atoms with Gasteiger partial charge in [0.05, 0.1) is 18.0 Å². The number of primary sulfonamides is 1. The Balaban J connectivity index is 2.07. The molecule has 0 saturated carbocycles. The Morgan fingerprint density at radius 2 is 2.29 bits per heavy atom. The van der Waals surface area contributed by atoms with E-state index in [0.717, 1.165) is 44.2 Å². The molecule has 1 aliphatic heterocycles. The molecule has 1 aliphatic rings. The first-order chi connectivity index (χ1) is 11.4. The van der Waals surface area contributed by atoms with E-state index < -0.39 is 10.0 Å². The van der Waals surface area contributed by atoms with Crippen LogP contribution in [0.15, 0.2) is 34.2 Å². The third-order valence-corrected chi connectivity index (χ3v) is 4.80. The Hall–Kier alpha value is -1.64. The summed E-state index contributed by atoms with van der Waals surface area (Å²) >= 11 is 0. The molecule has 8 heteroatoms. The molecule has 0 amide bonds. The molecule has 134 valence electrons. The van der Waals surface area contributed by atoms with Crippen molar-refractivity contribution in [3.63, 3.8) is 0 Å². The first-order valence-electron chi connectivity index (χ1n) is 8.09. The van der Waals surface area contributed by atoms with Gasteiger partial charge in [0, 0.05) is 32.7 Å². The van der Waals surface area contributed by atoms with E-state index in [1.54, 1.807) is 12.1 Å². The summed E-state index contributed by atoms with van der Waals surface area (Å²) in [5, 5.41) is 8.44. The zero-order valence-electron chi connectivity index (χ0n) is 14.2. The van der Waals surface area contributed by atoms with Gasteiger partial charge in [-0.3, -0.25) is 0 Å². The number of nitrogens with zero attached hydrogens (tertiary/aromatic N) is 2. The van der Waals surface area contributed by atoms with Gasteiger partial charge in [-0.1, -0.05) is 12.1 Å². The number of nitrogens with two attached hydrogens (primary N) is 1. The summed E-state index contributed by atoms with van der Waals surface area (Å²) in [5.74, 6) is 1.31. The van der Waals surface area contributed by atoms with Crippen LogP contribution in [0.3, 0.4) is 0 Å². The molecule has 7 nitrogen and oxygen atoms in total. The van der Waals surface area contributed by atoms with Crippen LogP contribution >= 0.6 is 0 Å². The second-order valence-electron chi connectivity index (χ2n) is 5.97. The maximum absolute atomic E-state index is 11.4. The van der Waals surface area contributed by atoms with Gasteiger partial charge in [-0.05, 0) is 31.0 Å². The van der Waals surface area contributed by atoms with Crippen molar-refractivity contribution in [3.05, 3.63) is 29.8 Å². The monoisotopic (exact) mass is 354 g/mol. The number of hydrogen-bond donors (Lipinski definition) is 2. The molecule has 0 aliphatic carbocycles. The highest BCUT2D eigenvalue weighted by Gasteiger charge is 2.19. The summed E-state index contributed by atoms with van der Waals surface area (Å²) in [6.45, 7) is 5.66. The quantitative estimate of drug-likeness (QED) is 0.581. The van der Waals surface area contributed by atoms with Crippen molar-refractivity contribution in [2.75, 3.05) is 33.4 Å². The van der Waals surface area contributed by atoms with Crippen LogP contribution in [0.2, 0.25) is 0 Å². The molecule has 2 rings (SSSR count). The predicted molar refractivity (Wildman–Crippen MR) is 94.2 cm³/mol. The van der Waals surface area contributed by atoms with Crippen LogP contribution < -0.4 is 10.5 Å². The highest BCUT2D eigenvalue weighted by molar-refractivity contribution is 7.89. The zero-order chi connectivity index (χ0) is 17.6. The molecule has 1 aromatic carbocycles. The van der Waals surface area contributed by atoms with Gasteiger partial charge < -0.3 is 15.0 Å². The lowest BCUT2D eigenvalue weighted by Gasteiger charge is -2.24. The molecule has 0 bridgehead atoms. The van der Waals surface area contributed by atoms with Gasteiger partial charge in [-0.2, -0.15) is 0 Å². The first-order valence-corrected chi connectivity index (χ1v) is 9.63. The third kappa shape index (κ3) is 5.47. The van der Waals surface area contributed by atoms with Crippen LogP contribution in [0.4, 0.5) is 0 Å². The molecule has 1 fully saturated rings. The Kier molecular flexibility index (Phi) is 6.59. The molecular formula is C16H26N4O3S. The molecule has 3 N–H and O–H groups in total. The summed E-state index contributed by atoms with van der Waals surface area (Å²) in [4.78, 5) is 6.80. The second kappa shape index (κ2) is 8.46. The molecule has 1 unspecified atom stereocenters. The SMILES string of the molecule is CCNC(=NCc1cccc(S(N)(=O)=O)c1)N(C)CC1CCOC1. The van der Waals surface area contributed by atoms with Crippen molar-refractivity contribution in [1.29, 1.82) is 0 Å². The first kappa shape index (κ1) is 18.7. The van der Waals surface area contributed by atoms with E-state index in [1.807, 2.05) is 20.0 Å². The fourth-order valence-corrected chi connectivity index (χ4v) is 3.24. The van der Waals surface area contributed by atoms with Gasteiger partial charge in [-0.15, -0.1) is 0 Å². The Morgan fingerprint density at radius 3 is 2.92 bits per heavy atom. The van der Waals surface area contributed by atoms with Crippen LogP contribution in [-0.2, 0) is 21.3 Å². The van der Waals surface area contributed by atoms with E-state index >= 15 is 0 Å². The van der Waals surface area contributed by atoms with Crippen LogP contribution in [0.1, 0.15) is 18.9 Å². The summed E-state index contributed by atoms with van der Waals surface area (Å²) < 4.78 is 28.3. The maximum atomic E-state index is 11.4. The van der Waals surface area contributed by atoms with Crippen molar-refractivity contribution in [2.45, 2.75) is 24.8 Å². The third-order valence-electron chi connectivity index (χ3n) is 3.89. The number of guanidine groups is 1. The fraction of sp³-hybridized carbons (Fsp3) is 0.562. The van der Waals surface area contributed by atoms with Crippen LogP contribution in [-0.4, -0.2) is 52.6 Å². The average molecular weight is 354 g/mol. The van der Waals surface area contributed by atoms with Crippen molar-refractivity contribution in [1.82, 2.24) is 10.2 Å². The lowest BCUT2D eigenvalue weighted by molar-refractivity contribution is 0.181. The van der Waals surface area contributed by atoms with E-state index in [2.05, 4.69) is 15.2 Å². The van der Waals surface area contributed by atoms with E-state index in [9.17, 15) is 8.42 Å². The fourth-order valence-electron chi connectivity index (χ4n) is 2.66. The van der Waals surface area contributed by atoms with Gasteiger partial charge in [-0.25, -0.2) is 18.5 Å². The Bertz CT molecular complexity index is 670. The molecule has 24 heavy (non-hydrogen) atoms. The predicted octanol–water partition coefficient (Wildman–Crippen LogP) is 0.768. The number of hydrogen-bond acceptors (Lipinski definition) is 4. The lowest BCUT2D eigenvalue weighted by Crippen LogP contribution is -2.41. The summed E-state index contributed by atoms with van der Waals surface area (Å²) in [6, 6.07) is 6.57. The summed E-state index contributed by atoms with van der Waals surface area (Å²) in [6.07, 6.45) is 1.07. The standard InChI is InChI=1S/C16H26N4O3S/c1-3-18-16(20(2)11-14-7-8-23-12-14)19-10-13-5-4-6-15(9-13)24(17,21)22/h4-6,9,14H,3,7-8,10-12H2,1-2H3,(H,18,19)(H2,17,21,22). The van der Waals surface area contributed by atoms with Crippen molar-refractivity contribution >= 4 is 16.0 Å². The topological polar surface area (TPSA) is 97.0 Å². The van der Waals surface area contributed by atoms with Crippen molar-refractivity contribution in [2.24, 2.45) is 16.0 Å². The number of rotatable bonds is 6. The molecule has 1 atom stereocenters. The largest absolute Gasteiger partial charge is 0.381 e. The van der Waals surface area contributed by atoms with Crippen LogP contribution in [0.5, 0.6) is 0 Å². The van der Waals surface area contributed by atoms with Gasteiger partial charge >= 0.3 is 0 Å². The molecule has 1 heterocycles. The van der Waals surface area contributed by atoms with Crippen LogP contribution in [0, 0.1) is 5.92 Å². The van der Waals surface area contributed by atoms with Crippen LogP contribution in [0.25, 0.3) is 0 Å². The molecule has 1 saturated heterocycles. The number of sulfonamides is 1. The molecule has 1 aromatic rings. The Labute approximate surface area is 143 Å². The van der Waals surface area contributed by atoms with E-state index in [4.69, 9.17) is 9.88 Å². The minimum Gasteiger partial charge on any atom is -0.381 e. The van der Waals surface area contributed by atoms with Gasteiger partial charge in [0.15, 0.2) is 5.96 Å². The highest BCUT2D eigenvalue weighted by atomic mass is 32.2. The average Bonchev–Trinajstić information content (AvgIpc) is 3.03. The van der Waals surface area contributed by atoms with E-state index in [0.29, 0.717) is 12.5 Å². The maximum Gasteiger partial charge on any atom is 0.238 e. The highest BCUT2D eigenvalue weighted by Crippen LogP contribution is 2.14. The van der Waals surface area contributed by atoms with Gasteiger partial charge in [0.25, 0.3) is 0 Å². The number of aliphatic imine (C=N–C) groups is 1. The minimum atomic E-state index is -3.69. The zero-order valence-corrected chi connectivity index (χ0v) is 15.1. The molecule has 0 aromatic heterocycles. The summed E-state index contributed by atoms with van der Waals surface area (Å²) in [7, 11) is -1.69. The van der Waals surface area contributed by atoms with E-state index in [1.165, 1.54) is 6.07 Å². The molecular weight excluding hydrogens is 328 g/mol. The van der Waals surface area contributed by atoms with Gasteiger partial charge in [0.2, 0.25) is 10.0 Å². The number of benzene rings is 1. The van der Waals surface area contributed by atoms with Gasteiger partial charge in [0.1, 0.15) is 0 Å².